The summed E-state index contributed by atoms with van der Waals surface area (Å²) in [6.07, 6.45) is 4.49. The topological polar surface area (TPSA) is 128 Å². The molecule has 1 aromatic carbocycles. The molecule has 0 amide bonds. The third-order valence-corrected chi connectivity index (χ3v) is 7.86. The Kier molecular flexibility index (Phi) is 4.90. The van der Waals surface area contributed by atoms with Crippen LogP contribution in [-0.4, -0.2) is 29.2 Å². The molecule has 3 aromatic heterocycles. The van der Waals surface area contributed by atoms with Crippen molar-refractivity contribution in [3.8, 4) is 0 Å². The summed E-state index contributed by atoms with van der Waals surface area (Å²) in [4.78, 5) is 26.9. The lowest BCUT2D eigenvalue weighted by Crippen LogP contribution is -2.15. The molecule has 0 saturated heterocycles. The van der Waals surface area contributed by atoms with Gasteiger partial charge in [-0.3, -0.25) is 4.79 Å². The molecule has 0 bridgehead atoms. The van der Waals surface area contributed by atoms with Crippen LogP contribution in [0.1, 0.15) is 38.6 Å². The van der Waals surface area contributed by atoms with Gasteiger partial charge in [0.25, 0.3) is 10.0 Å². The van der Waals surface area contributed by atoms with Crippen LogP contribution in [0, 0.1) is 6.92 Å². The van der Waals surface area contributed by atoms with Gasteiger partial charge in [0.05, 0.1) is 10.6 Å². The van der Waals surface area contributed by atoms with Crippen molar-refractivity contribution in [3.63, 3.8) is 0 Å². The highest BCUT2D eigenvalue weighted by molar-refractivity contribution is 7.92. The van der Waals surface area contributed by atoms with Crippen molar-refractivity contribution in [1.82, 2.24) is 15.0 Å². The van der Waals surface area contributed by atoms with E-state index >= 15 is 0 Å². The number of aromatic nitrogens is 3. The zero-order valence-corrected chi connectivity index (χ0v) is 18.8. The average Bonchev–Trinajstić information content (AvgIpc) is 3.35. The molecule has 0 radical (unpaired) electrons. The monoisotopic (exact) mass is 465 g/mol. The predicted molar refractivity (Wildman–Crippen MR) is 124 cm³/mol. The number of hydrogen-bond donors (Lipinski definition) is 2. The Bertz CT molecular complexity index is 1480. The summed E-state index contributed by atoms with van der Waals surface area (Å²) >= 11 is 1.27. The van der Waals surface area contributed by atoms with Gasteiger partial charge in [-0.1, -0.05) is 0 Å². The van der Waals surface area contributed by atoms with Crippen molar-refractivity contribution in [2.24, 2.45) is 0 Å². The number of rotatable bonds is 5. The predicted octanol–water partition coefficient (Wildman–Crippen LogP) is 3.50. The van der Waals surface area contributed by atoms with Gasteiger partial charge in [-0.15, -0.1) is 11.3 Å². The summed E-state index contributed by atoms with van der Waals surface area (Å²) < 4.78 is 27.6. The van der Waals surface area contributed by atoms with Crippen LogP contribution in [0.4, 0.5) is 11.6 Å². The molecule has 8 nitrogen and oxygen atoms in total. The van der Waals surface area contributed by atoms with E-state index in [1.807, 2.05) is 6.07 Å². The molecule has 3 N–H and O–H groups in total. The van der Waals surface area contributed by atoms with Crippen molar-refractivity contribution < 1.29 is 13.2 Å². The number of fused-ring (bicyclic) bond motifs is 2. The number of sulfonamides is 1. The highest BCUT2D eigenvalue weighted by Gasteiger charge is 2.23. The standard InChI is InChI=1S/C22H19N5O3S2/c1-12-9-10-24-22(25-12)27-32(29,30)15-7-5-13(6-8-15)19(28)20-18(23)16-11-14-3-2-4-17(14)26-21(16)31-20/h5-11H,2-4,23H2,1H3,(H,24,25,27). The number of carbonyl (C=O) groups excluding carboxylic acids is 1. The molecule has 0 atom stereocenters. The Morgan fingerprint density at radius 2 is 1.91 bits per heavy atom. The van der Waals surface area contributed by atoms with Crippen LogP contribution >= 0.6 is 11.3 Å². The first-order valence-electron chi connectivity index (χ1n) is 10.00. The maximum absolute atomic E-state index is 13.1. The number of nitrogens with one attached hydrogen (secondary N) is 1. The van der Waals surface area contributed by atoms with Gasteiger partial charge in [0.1, 0.15) is 9.71 Å². The molecule has 0 saturated carbocycles. The molecule has 0 unspecified atom stereocenters. The smallest absolute Gasteiger partial charge is 0.264 e. The lowest BCUT2D eigenvalue weighted by molar-refractivity contribution is 0.104. The van der Waals surface area contributed by atoms with E-state index in [1.54, 1.807) is 13.0 Å². The second-order valence-electron chi connectivity index (χ2n) is 7.63. The molecular weight excluding hydrogens is 446 g/mol. The van der Waals surface area contributed by atoms with Gasteiger partial charge >= 0.3 is 0 Å². The van der Waals surface area contributed by atoms with E-state index in [-0.39, 0.29) is 16.6 Å². The minimum atomic E-state index is -3.89. The maximum atomic E-state index is 13.1. The normalized spacial score (nSPS) is 13.3. The van der Waals surface area contributed by atoms with Gasteiger partial charge < -0.3 is 5.73 Å². The first kappa shape index (κ1) is 20.5. The minimum absolute atomic E-state index is 0.00145. The highest BCUT2D eigenvalue weighted by atomic mass is 32.2. The van der Waals surface area contributed by atoms with Crippen molar-refractivity contribution in [2.45, 2.75) is 31.1 Å². The van der Waals surface area contributed by atoms with Crippen LogP contribution in [0.5, 0.6) is 0 Å². The minimum Gasteiger partial charge on any atom is -0.397 e. The SMILES string of the molecule is Cc1ccnc(NS(=O)(=O)c2ccc(C(=O)c3sc4nc5c(cc4c3N)CCC5)cc2)n1. The molecule has 0 aliphatic heterocycles. The molecular formula is C22H19N5O3S2. The van der Waals surface area contributed by atoms with E-state index in [0.717, 1.165) is 35.2 Å². The molecule has 32 heavy (non-hydrogen) atoms. The molecule has 3 heterocycles. The molecule has 0 fully saturated rings. The number of carbonyl (C=O) groups is 1. The number of nitrogen functional groups attached to an aromatic ring is 1. The van der Waals surface area contributed by atoms with Gasteiger partial charge in [-0.05, 0) is 68.1 Å². The average molecular weight is 466 g/mol. The fourth-order valence-electron chi connectivity index (χ4n) is 3.76. The summed E-state index contributed by atoms with van der Waals surface area (Å²) in [5, 5.41) is 0.806. The Labute approximate surface area is 188 Å². The van der Waals surface area contributed by atoms with Crippen molar-refractivity contribution in [1.29, 1.82) is 0 Å². The van der Waals surface area contributed by atoms with Gasteiger partial charge in [-0.25, -0.2) is 28.1 Å². The summed E-state index contributed by atoms with van der Waals surface area (Å²) in [5.74, 6) is -0.271. The first-order chi connectivity index (χ1) is 15.3. The van der Waals surface area contributed by atoms with Crippen LogP contribution in [0.3, 0.4) is 0 Å². The lowest BCUT2D eigenvalue weighted by Gasteiger charge is -2.07. The number of nitrogens with zero attached hydrogens (tertiary/aromatic N) is 3. The molecule has 1 aliphatic rings. The Hall–Kier alpha value is -3.37. The fourth-order valence-corrected chi connectivity index (χ4v) is 5.77. The number of nitrogens with two attached hydrogens (primary N) is 1. The second-order valence-corrected chi connectivity index (χ2v) is 10.3. The Balaban J connectivity index is 1.42. The molecule has 4 aromatic rings. The summed E-state index contributed by atoms with van der Waals surface area (Å²) in [5.41, 5.74) is 9.98. The lowest BCUT2D eigenvalue weighted by atomic mass is 10.1. The molecule has 0 spiro atoms. The summed E-state index contributed by atoms with van der Waals surface area (Å²) in [7, 11) is -3.89. The number of pyridine rings is 1. The van der Waals surface area contributed by atoms with E-state index in [0.29, 0.717) is 21.8 Å². The van der Waals surface area contributed by atoms with Crippen LogP contribution in [0.15, 0.2) is 47.5 Å². The molecule has 10 heteroatoms. The van der Waals surface area contributed by atoms with Gasteiger partial charge in [0.15, 0.2) is 0 Å². The van der Waals surface area contributed by atoms with Crippen molar-refractivity contribution in [3.05, 3.63) is 70.0 Å². The first-order valence-corrected chi connectivity index (χ1v) is 12.3. The quantitative estimate of drug-likeness (QED) is 0.432. The number of benzene rings is 1. The van der Waals surface area contributed by atoms with Crippen LogP contribution in [0.25, 0.3) is 10.2 Å². The Morgan fingerprint density at radius 3 is 2.66 bits per heavy atom. The van der Waals surface area contributed by atoms with E-state index in [1.165, 1.54) is 47.4 Å². The Morgan fingerprint density at radius 1 is 1.12 bits per heavy atom. The van der Waals surface area contributed by atoms with E-state index in [2.05, 4.69) is 14.7 Å². The second kappa shape index (κ2) is 7.64. The largest absolute Gasteiger partial charge is 0.397 e. The molecule has 1 aliphatic carbocycles. The zero-order valence-electron chi connectivity index (χ0n) is 17.1. The zero-order chi connectivity index (χ0) is 22.5. The van der Waals surface area contributed by atoms with Gasteiger partial charge in [0, 0.05) is 28.5 Å². The maximum Gasteiger partial charge on any atom is 0.264 e. The van der Waals surface area contributed by atoms with Crippen molar-refractivity contribution >= 4 is 49.0 Å². The molecule has 5 rings (SSSR count). The number of ketones is 1. The van der Waals surface area contributed by atoms with E-state index < -0.39 is 10.0 Å². The molecule has 162 valence electrons. The third-order valence-electron chi connectivity index (χ3n) is 5.40. The van der Waals surface area contributed by atoms with Gasteiger partial charge in [0.2, 0.25) is 11.7 Å². The number of aryl methyl sites for hydroxylation is 3. The van der Waals surface area contributed by atoms with E-state index in [4.69, 9.17) is 10.7 Å². The van der Waals surface area contributed by atoms with Crippen LogP contribution < -0.4 is 10.5 Å². The number of thiophene rings is 1. The summed E-state index contributed by atoms with van der Waals surface area (Å²) in [6.45, 7) is 1.74. The fraction of sp³-hybridized carbons (Fsp3) is 0.182. The van der Waals surface area contributed by atoms with Crippen molar-refractivity contribution in [2.75, 3.05) is 10.5 Å². The third kappa shape index (κ3) is 3.61. The van der Waals surface area contributed by atoms with Crippen LogP contribution in [0.2, 0.25) is 0 Å². The number of hydrogen-bond acceptors (Lipinski definition) is 8. The number of anilines is 2. The van der Waals surface area contributed by atoms with Crippen LogP contribution in [-0.2, 0) is 22.9 Å². The highest BCUT2D eigenvalue weighted by Crippen LogP contribution is 2.37. The summed E-state index contributed by atoms with van der Waals surface area (Å²) in [6, 6.07) is 9.42. The van der Waals surface area contributed by atoms with E-state index in [9.17, 15) is 13.2 Å². The van der Waals surface area contributed by atoms with Gasteiger partial charge in [-0.2, -0.15) is 0 Å².